The summed E-state index contributed by atoms with van der Waals surface area (Å²) in [4.78, 5) is 32.7. The number of nitrogens with one attached hydrogen (secondary N) is 1. The normalized spacial score (nSPS) is 12.6. The largest absolute Gasteiger partial charge is 0.497 e. The molecule has 3 aromatic rings. The maximum absolute atomic E-state index is 13.3. The van der Waals surface area contributed by atoms with E-state index in [1.54, 1.807) is 31.2 Å². The fraction of sp³-hybridized carbons (Fsp3) is 0.190. The van der Waals surface area contributed by atoms with E-state index in [4.69, 9.17) is 15.0 Å². The van der Waals surface area contributed by atoms with Crippen LogP contribution in [0.3, 0.4) is 0 Å². The number of aldehydes is 1. The minimum absolute atomic E-state index is 0.0423. The molecule has 0 radical (unpaired) electrons. The van der Waals surface area contributed by atoms with Gasteiger partial charge in [-0.3, -0.25) is 9.59 Å². The van der Waals surface area contributed by atoms with E-state index in [9.17, 15) is 14.7 Å². The standard InChI is InChI=1S/C21H21N5O5/c1-12-3-18(26-31-12)20(25-15-4-13(9-27)5-16(6-15)30-2)21(29)19(22)17(10-28)14-7-23-11-24-8-14/h3-8,10-11,20,25,27H,9,22H2,1-2H3. The van der Waals surface area contributed by atoms with Crippen molar-refractivity contribution in [1.82, 2.24) is 15.1 Å². The molecule has 0 bridgehead atoms. The van der Waals surface area contributed by atoms with Crippen molar-refractivity contribution in [1.29, 1.82) is 0 Å². The predicted molar refractivity (Wildman–Crippen MR) is 111 cm³/mol. The van der Waals surface area contributed by atoms with E-state index in [1.165, 1.54) is 25.8 Å². The molecule has 1 unspecified atom stereocenters. The van der Waals surface area contributed by atoms with Gasteiger partial charge in [-0.25, -0.2) is 9.97 Å². The van der Waals surface area contributed by atoms with Gasteiger partial charge in [-0.15, -0.1) is 0 Å². The Morgan fingerprint density at radius 1 is 1.29 bits per heavy atom. The van der Waals surface area contributed by atoms with Gasteiger partial charge in [0, 0.05) is 35.8 Å². The molecule has 2 heterocycles. The molecular formula is C21H21N5O5. The van der Waals surface area contributed by atoms with Crippen LogP contribution in [0.4, 0.5) is 5.69 Å². The minimum atomic E-state index is -1.07. The summed E-state index contributed by atoms with van der Waals surface area (Å²) < 4.78 is 10.4. The molecule has 160 valence electrons. The minimum Gasteiger partial charge on any atom is -0.497 e. The number of nitrogens with zero attached hydrogens (tertiary/aromatic N) is 3. The molecule has 0 aliphatic carbocycles. The van der Waals surface area contributed by atoms with Crippen molar-refractivity contribution >= 4 is 23.3 Å². The van der Waals surface area contributed by atoms with Gasteiger partial charge >= 0.3 is 0 Å². The first-order valence-electron chi connectivity index (χ1n) is 9.20. The number of methoxy groups -OCH3 is 1. The van der Waals surface area contributed by atoms with E-state index in [0.29, 0.717) is 34.6 Å². The van der Waals surface area contributed by atoms with E-state index < -0.39 is 11.8 Å². The summed E-state index contributed by atoms with van der Waals surface area (Å²) in [7, 11) is 1.49. The Hall–Kier alpha value is -4.05. The molecule has 0 aliphatic rings. The molecule has 0 fully saturated rings. The number of aliphatic hydroxyl groups excluding tert-OH is 1. The lowest BCUT2D eigenvalue weighted by Crippen LogP contribution is -2.27. The molecule has 0 amide bonds. The molecule has 4 N–H and O–H groups in total. The predicted octanol–water partition coefficient (Wildman–Crippen LogP) is 1.57. The highest BCUT2D eigenvalue weighted by Gasteiger charge is 2.28. The number of Topliss-reactive ketones (excluding diaryl/α,β-unsaturated/α-hetero) is 1. The molecule has 1 atom stereocenters. The first-order chi connectivity index (χ1) is 15.0. The van der Waals surface area contributed by atoms with Crippen LogP contribution in [0.25, 0.3) is 5.57 Å². The van der Waals surface area contributed by atoms with Crippen molar-refractivity contribution in [2.45, 2.75) is 19.6 Å². The van der Waals surface area contributed by atoms with Crippen LogP contribution in [0.1, 0.15) is 28.6 Å². The van der Waals surface area contributed by atoms with Gasteiger partial charge < -0.3 is 25.4 Å². The van der Waals surface area contributed by atoms with Crippen molar-refractivity contribution in [2.75, 3.05) is 12.4 Å². The maximum atomic E-state index is 13.3. The van der Waals surface area contributed by atoms with Gasteiger partial charge in [-0.1, -0.05) is 5.16 Å². The second-order valence-corrected chi connectivity index (χ2v) is 6.60. The van der Waals surface area contributed by atoms with Gasteiger partial charge in [0.05, 0.1) is 25.0 Å². The van der Waals surface area contributed by atoms with E-state index in [-0.39, 0.29) is 23.6 Å². The van der Waals surface area contributed by atoms with Crippen LogP contribution in [0, 0.1) is 6.92 Å². The van der Waals surface area contributed by atoms with Crippen molar-refractivity contribution < 1.29 is 24.0 Å². The zero-order valence-corrected chi connectivity index (χ0v) is 16.9. The number of aryl methyl sites for hydroxylation is 1. The Kier molecular flexibility index (Phi) is 6.73. The molecule has 0 spiro atoms. The van der Waals surface area contributed by atoms with Crippen LogP contribution >= 0.6 is 0 Å². The number of ether oxygens (including phenoxy) is 1. The second-order valence-electron chi connectivity index (χ2n) is 6.60. The third kappa shape index (κ3) is 4.93. The molecule has 2 aromatic heterocycles. The lowest BCUT2D eigenvalue weighted by molar-refractivity contribution is -0.116. The van der Waals surface area contributed by atoms with Gasteiger partial charge in [-0.05, 0) is 24.6 Å². The van der Waals surface area contributed by atoms with E-state index in [0.717, 1.165) is 0 Å². The Balaban J connectivity index is 2.05. The summed E-state index contributed by atoms with van der Waals surface area (Å²) in [5.41, 5.74) is 7.40. The third-order valence-corrected chi connectivity index (χ3v) is 4.44. The molecule has 10 nitrogen and oxygen atoms in total. The molecule has 0 aliphatic heterocycles. The SMILES string of the molecule is COc1cc(CO)cc(NC(C(=O)C(N)=C(C=O)c2cncnc2)c2cc(C)on2)c1. The fourth-order valence-corrected chi connectivity index (χ4v) is 2.93. The Morgan fingerprint density at radius 2 is 2.03 bits per heavy atom. The van der Waals surface area contributed by atoms with Gasteiger partial charge in [0.25, 0.3) is 0 Å². The zero-order chi connectivity index (χ0) is 22.4. The number of hydrogen-bond acceptors (Lipinski definition) is 10. The summed E-state index contributed by atoms with van der Waals surface area (Å²) >= 11 is 0. The third-order valence-electron chi connectivity index (χ3n) is 4.44. The van der Waals surface area contributed by atoms with E-state index in [2.05, 4.69) is 20.4 Å². The number of anilines is 1. The Bertz CT molecular complexity index is 1090. The highest BCUT2D eigenvalue weighted by atomic mass is 16.5. The zero-order valence-electron chi connectivity index (χ0n) is 16.9. The van der Waals surface area contributed by atoms with Gasteiger partial charge in [0.2, 0.25) is 5.78 Å². The summed E-state index contributed by atoms with van der Waals surface area (Å²) in [6.45, 7) is 1.46. The van der Waals surface area contributed by atoms with Crippen molar-refractivity contribution in [3.05, 3.63) is 71.3 Å². The second kappa shape index (κ2) is 9.63. The van der Waals surface area contributed by atoms with Crippen molar-refractivity contribution in [3.8, 4) is 5.75 Å². The van der Waals surface area contributed by atoms with E-state index >= 15 is 0 Å². The van der Waals surface area contributed by atoms with Gasteiger partial charge in [0.15, 0.2) is 6.29 Å². The quantitative estimate of drug-likeness (QED) is 0.341. The first kappa shape index (κ1) is 21.7. The number of allylic oxidation sites excluding steroid dienone is 1. The summed E-state index contributed by atoms with van der Waals surface area (Å²) in [5, 5.41) is 16.5. The summed E-state index contributed by atoms with van der Waals surface area (Å²) in [5.74, 6) is 0.369. The van der Waals surface area contributed by atoms with Crippen LogP contribution in [0.15, 0.2) is 53.2 Å². The summed E-state index contributed by atoms with van der Waals surface area (Å²) in [6, 6.07) is 5.48. The molecule has 10 heteroatoms. The van der Waals surface area contributed by atoms with Crippen molar-refractivity contribution in [2.24, 2.45) is 5.73 Å². The molecule has 31 heavy (non-hydrogen) atoms. The van der Waals surface area contributed by atoms with E-state index in [1.807, 2.05) is 0 Å². The van der Waals surface area contributed by atoms with Crippen LogP contribution in [-0.2, 0) is 16.2 Å². The molecule has 1 aromatic carbocycles. The number of aliphatic hydroxyl groups is 1. The number of benzene rings is 1. The topological polar surface area (TPSA) is 153 Å². The Labute approximate surface area is 177 Å². The molecular weight excluding hydrogens is 402 g/mol. The lowest BCUT2D eigenvalue weighted by Gasteiger charge is -2.19. The highest BCUT2D eigenvalue weighted by molar-refractivity contribution is 6.18. The van der Waals surface area contributed by atoms with Crippen LogP contribution in [-0.4, -0.2) is 39.4 Å². The number of ketones is 1. The van der Waals surface area contributed by atoms with Gasteiger partial charge in [-0.2, -0.15) is 0 Å². The number of aromatic nitrogens is 3. The maximum Gasteiger partial charge on any atom is 0.207 e. The number of carbonyl (C=O) groups excluding carboxylic acids is 2. The number of hydrogen-bond donors (Lipinski definition) is 3. The number of rotatable bonds is 9. The highest BCUT2D eigenvalue weighted by Crippen LogP contribution is 2.28. The number of carbonyl (C=O) groups is 2. The number of nitrogens with two attached hydrogens (primary N) is 1. The molecule has 3 rings (SSSR count). The summed E-state index contributed by atoms with van der Waals surface area (Å²) in [6.07, 6.45) is 4.55. The van der Waals surface area contributed by atoms with Crippen LogP contribution in [0.5, 0.6) is 5.75 Å². The Morgan fingerprint density at radius 3 is 2.61 bits per heavy atom. The molecule has 0 saturated carbocycles. The fourth-order valence-electron chi connectivity index (χ4n) is 2.93. The average Bonchev–Trinajstić information content (AvgIpc) is 3.23. The van der Waals surface area contributed by atoms with Crippen LogP contribution in [0.2, 0.25) is 0 Å². The van der Waals surface area contributed by atoms with Crippen LogP contribution < -0.4 is 15.8 Å². The molecule has 0 saturated heterocycles. The monoisotopic (exact) mass is 423 g/mol. The smallest absolute Gasteiger partial charge is 0.207 e. The lowest BCUT2D eigenvalue weighted by atomic mass is 9.99. The average molecular weight is 423 g/mol. The van der Waals surface area contributed by atoms with Gasteiger partial charge in [0.1, 0.15) is 29.6 Å². The van der Waals surface area contributed by atoms with Crippen molar-refractivity contribution in [3.63, 3.8) is 0 Å². The first-order valence-corrected chi connectivity index (χ1v) is 9.20.